The second-order valence-electron chi connectivity index (χ2n) is 6.17. The summed E-state index contributed by atoms with van der Waals surface area (Å²) < 4.78 is 0. The Morgan fingerprint density at radius 2 is 2.06 bits per heavy atom. The Hall–Kier alpha value is -0.0800. The summed E-state index contributed by atoms with van der Waals surface area (Å²) in [6.07, 6.45) is 5.48. The van der Waals surface area contributed by atoms with Crippen LogP contribution in [0.1, 0.15) is 53.4 Å². The molecule has 0 aliphatic carbocycles. The van der Waals surface area contributed by atoms with E-state index in [2.05, 4.69) is 37.9 Å². The van der Waals surface area contributed by atoms with E-state index in [1.165, 1.54) is 45.3 Å². The monoisotopic (exact) mass is 240 g/mol. The van der Waals surface area contributed by atoms with E-state index < -0.39 is 0 Å². The van der Waals surface area contributed by atoms with E-state index in [1.54, 1.807) is 0 Å². The lowest BCUT2D eigenvalue weighted by molar-refractivity contribution is 0.240. The van der Waals surface area contributed by atoms with Crippen LogP contribution in [-0.4, -0.2) is 37.1 Å². The van der Waals surface area contributed by atoms with Gasteiger partial charge in [-0.3, -0.25) is 4.90 Å². The molecule has 1 heterocycles. The van der Waals surface area contributed by atoms with E-state index in [1.807, 2.05) is 0 Å². The fraction of sp³-hybridized carbons (Fsp3) is 1.00. The first-order valence-corrected chi connectivity index (χ1v) is 7.58. The van der Waals surface area contributed by atoms with Crippen LogP contribution in [-0.2, 0) is 0 Å². The number of nitrogens with one attached hydrogen (secondary N) is 1. The molecule has 0 aromatic rings. The molecule has 0 bridgehead atoms. The zero-order chi connectivity index (χ0) is 12.7. The highest BCUT2D eigenvalue weighted by molar-refractivity contribution is 4.80. The summed E-state index contributed by atoms with van der Waals surface area (Å²) in [6.45, 7) is 14.2. The van der Waals surface area contributed by atoms with E-state index >= 15 is 0 Å². The number of hydrogen-bond acceptors (Lipinski definition) is 2. The van der Waals surface area contributed by atoms with Crippen LogP contribution in [0, 0.1) is 11.8 Å². The van der Waals surface area contributed by atoms with Crippen molar-refractivity contribution in [2.45, 2.75) is 59.4 Å². The molecule has 2 unspecified atom stereocenters. The van der Waals surface area contributed by atoms with E-state index in [0.717, 1.165) is 18.4 Å². The second-order valence-corrected chi connectivity index (χ2v) is 6.17. The van der Waals surface area contributed by atoms with E-state index in [0.29, 0.717) is 6.04 Å². The molecule has 0 aromatic heterocycles. The Kier molecular flexibility index (Phi) is 7.14. The fourth-order valence-corrected chi connectivity index (χ4v) is 2.74. The smallest absolute Gasteiger partial charge is 0.0192 e. The summed E-state index contributed by atoms with van der Waals surface area (Å²) in [5.41, 5.74) is 0. The Balaban J connectivity index is 2.10. The third kappa shape index (κ3) is 5.87. The molecule has 1 fully saturated rings. The topological polar surface area (TPSA) is 15.3 Å². The van der Waals surface area contributed by atoms with Crippen LogP contribution >= 0.6 is 0 Å². The lowest BCUT2D eigenvalue weighted by Gasteiger charge is -2.25. The van der Waals surface area contributed by atoms with Gasteiger partial charge in [0.25, 0.3) is 0 Å². The van der Waals surface area contributed by atoms with Gasteiger partial charge in [-0.15, -0.1) is 0 Å². The van der Waals surface area contributed by atoms with Gasteiger partial charge in [-0.25, -0.2) is 0 Å². The van der Waals surface area contributed by atoms with Gasteiger partial charge >= 0.3 is 0 Å². The van der Waals surface area contributed by atoms with Gasteiger partial charge in [0.05, 0.1) is 0 Å². The van der Waals surface area contributed by atoms with Crippen molar-refractivity contribution in [1.29, 1.82) is 0 Å². The number of likely N-dealkylation sites (tertiary alicyclic amines) is 1. The van der Waals surface area contributed by atoms with Crippen molar-refractivity contribution in [3.8, 4) is 0 Å². The van der Waals surface area contributed by atoms with Crippen molar-refractivity contribution < 1.29 is 0 Å². The fourth-order valence-electron chi connectivity index (χ4n) is 2.74. The third-order valence-corrected chi connectivity index (χ3v) is 3.98. The second kappa shape index (κ2) is 8.10. The molecule has 1 N–H and O–H groups in total. The zero-order valence-electron chi connectivity index (χ0n) is 12.3. The summed E-state index contributed by atoms with van der Waals surface area (Å²) in [7, 11) is 0. The maximum absolute atomic E-state index is 3.60. The van der Waals surface area contributed by atoms with Crippen LogP contribution < -0.4 is 5.32 Å². The standard InChI is InChI=1S/C15H32N2/c1-5-6-15-8-10-17(12-15)14(4)11-16-9-7-13(2)3/h13-16H,5-12H2,1-4H3. The molecule has 2 atom stereocenters. The zero-order valence-corrected chi connectivity index (χ0v) is 12.3. The molecule has 2 nitrogen and oxygen atoms in total. The SMILES string of the molecule is CCCC1CCN(C(C)CNCCC(C)C)C1. The van der Waals surface area contributed by atoms with Crippen LogP contribution in [0.3, 0.4) is 0 Å². The quantitative estimate of drug-likeness (QED) is 0.656. The average molecular weight is 240 g/mol. The predicted molar refractivity (Wildman–Crippen MR) is 76.4 cm³/mol. The van der Waals surface area contributed by atoms with Crippen molar-refractivity contribution in [3.05, 3.63) is 0 Å². The van der Waals surface area contributed by atoms with Gasteiger partial charge < -0.3 is 5.32 Å². The molecule has 17 heavy (non-hydrogen) atoms. The normalized spacial score (nSPS) is 23.5. The Morgan fingerprint density at radius 1 is 1.29 bits per heavy atom. The van der Waals surface area contributed by atoms with Crippen molar-refractivity contribution in [1.82, 2.24) is 10.2 Å². The minimum Gasteiger partial charge on any atom is -0.315 e. The third-order valence-electron chi connectivity index (χ3n) is 3.98. The first-order valence-electron chi connectivity index (χ1n) is 7.58. The van der Waals surface area contributed by atoms with Crippen LogP contribution in [0.25, 0.3) is 0 Å². The van der Waals surface area contributed by atoms with Crippen LogP contribution in [0.2, 0.25) is 0 Å². The number of hydrogen-bond donors (Lipinski definition) is 1. The molecule has 0 aromatic carbocycles. The highest BCUT2D eigenvalue weighted by atomic mass is 15.2. The summed E-state index contributed by atoms with van der Waals surface area (Å²) >= 11 is 0. The molecule has 1 saturated heterocycles. The molecule has 102 valence electrons. The number of rotatable bonds is 8. The number of nitrogens with zero attached hydrogens (tertiary/aromatic N) is 1. The summed E-state index contributed by atoms with van der Waals surface area (Å²) in [5.74, 6) is 1.79. The van der Waals surface area contributed by atoms with E-state index in [9.17, 15) is 0 Å². The minimum absolute atomic E-state index is 0.712. The highest BCUT2D eigenvalue weighted by Crippen LogP contribution is 2.22. The van der Waals surface area contributed by atoms with Crippen molar-refractivity contribution in [2.75, 3.05) is 26.2 Å². The van der Waals surface area contributed by atoms with Crippen LogP contribution in [0.15, 0.2) is 0 Å². The van der Waals surface area contributed by atoms with Gasteiger partial charge in [0.2, 0.25) is 0 Å². The largest absolute Gasteiger partial charge is 0.315 e. The molecule has 1 rings (SSSR count). The Morgan fingerprint density at radius 3 is 2.71 bits per heavy atom. The average Bonchev–Trinajstić information content (AvgIpc) is 2.73. The molecule has 0 amide bonds. The molecule has 1 aliphatic rings. The molecule has 0 spiro atoms. The first kappa shape index (κ1) is 15.0. The van der Waals surface area contributed by atoms with Crippen LogP contribution in [0.4, 0.5) is 0 Å². The van der Waals surface area contributed by atoms with Gasteiger partial charge in [-0.1, -0.05) is 27.2 Å². The van der Waals surface area contributed by atoms with Crippen molar-refractivity contribution in [2.24, 2.45) is 11.8 Å². The minimum atomic E-state index is 0.712. The van der Waals surface area contributed by atoms with E-state index in [4.69, 9.17) is 0 Å². The van der Waals surface area contributed by atoms with Gasteiger partial charge in [0.15, 0.2) is 0 Å². The molecular weight excluding hydrogens is 208 g/mol. The van der Waals surface area contributed by atoms with Crippen molar-refractivity contribution >= 4 is 0 Å². The van der Waals surface area contributed by atoms with Gasteiger partial charge in [-0.05, 0) is 51.1 Å². The highest BCUT2D eigenvalue weighted by Gasteiger charge is 2.24. The van der Waals surface area contributed by atoms with Gasteiger partial charge in [0, 0.05) is 19.1 Å². The Labute approximate surface area is 108 Å². The van der Waals surface area contributed by atoms with Crippen molar-refractivity contribution in [3.63, 3.8) is 0 Å². The lowest BCUT2D eigenvalue weighted by Crippen LogP contribution is -2.39. The summed E-state index contributed by atoms with van der Waals surface area (Å²) in [6, 6.07) is 0.712. The lowest BCUT2D eigenvalue weighted by atomic mass is 10.0. The molecule has 0 saturated carbocycles. The molecule has 2 heteroatoms. The van der Waals surface area contributed by atoms with Crippen LogP contribution in [0.5, 0.6) is 0 Å². The molecule has 0 radical (unpaired) electrons. The molecule has 1 aliphatic heterocycles. The maximum Gasteiger partial charge on any atom is 0.0192 e. The first-order chi connectivity index (χ1) is 8.13. The van der Waals surface area contributed by atoms with Gasteiger partial charge in [-0.2, -0.15) is 0 Å². The Bertz CT molecular complexity index is 191. The summed E-state index contributed by atoms with van der Waals surface area (Å²) in [4.78, 5) is 2.67. The predicted octanol–water partition coefficient (Wildman–Crippen LogP) is 3.13. The van der Waals surface area contributed by atoms with E-state index in [-0.39, 0.29) is 0 Å². The molecular formula is C15H32N2. The summed E-state index contributed by atoms with van der Waals surface area (Å²) in [5, 5.41) is 3.60. The maximum atomic E-state index is 3.60. The van der Waals surface area contributed by atoms with Gasteiger partial charge in [0.1, 0.15) is 0 Å².